The minimum atomic E-state index is -0.885. The van der Waals surface area contributed by atoms with Crippen LogP contribution in [0.5, 0.6) is 0 Å². The van der Waals surface area contributed by atoms with Crippen LogP contribution in [-0.4, -0.2) is 53.1 Å². The molecule has 9 nitrogen and oxygen atoms in total. The van der Waals surface area contributed by atoms with E-state index in [1.165, 1.54) is 0 Å². The molecule has 0 aromatic heterocycles. The maximum Gasteiger partial charge on any atom is 0.308 e. The highest BCUT2D eigenvalue weighted by molar-refractivity contribution is 5.81. The van der Waals surface area contributed by atoms with Gasteiger partial charge in [0.2, 0.25) is 18.0 Å². The fourth-order valence-electron chi connectivity index (χ4n) is 5.89. The molecule has 0 unspecified atom stereocenters. The van der Waals surface area contributed by atoms with Gasteiger partial charge in [-0.3, -0.25) is 9.59 Å². The van der Waals surface area contributed by atoms with Gasteiger partial charge in [0.25, 0.3) is 0 Å². The molecule has 1 saturated carbocycles. The molecule has 8 atom stereocenters. The molecule has 1 spiro atoms. The summed E-state index contributed by atoms with van der Waals surface area (Å²) in [6.07, 6.45) is 2.08. The molecule has 4 saturated heterocycles. The quantitative estimate of drug-likeness (QED) is 0.464. The van der Waals surface area contributed by atoms with E-state index in [0.29, 0.717) is 12.3 Å². The van der Waals surface area contributed by atoms with Gasteiger partial charge in [0.05, 0.1) is 18.6 Å². The predicted molar refractivity (Wildman–Crippen MR) is 111 cm³/mol. The summed E-state index contributed by atoms with van der Waals surface area (Å²) in [6.45, 7) is 9.34. The fourth-order valence-corrected chi connectivity index (χ4v) is 5.89. The molecule has 5 aliphatic rings. The third-order valence-electron chi connectivity index (χ3n) is 7.77. The molecule has 2 N–H and O–H groups in total. The SMILES string of the molecule is C[C@@H]1[C@@H](OC(=O)CCC(=O)NC(C)(C)CO)O[C@H]2O[C@]3(C)CC[C@H]4[C@H](C)CC[C@H]1[C@]24OO3. The van der Waals surface area contributed by atoms with Crippen LogP contribution >= 0.6 is 0 Å². The Bertz CT molecular complexity index is 744. The first-order valence-corrected chi connectivity index (χ1v) is 11.8. The lowest BCUT2D eigenvalue weighted by Crippen LogP contribution is -2.70. The molecule has 1 aliphatic carbocycles. The van der Waals surface area contributed by atoms with Gasteiger partial charge in [-0.1, -0.05) is 13.8 Å². The summed E-state index contributed by atoms with van der Waals surface area (Å²) < 4.78 is 18.2. The van der Waals surface area contributed by atoms with Gasteiger partial charge in [0.1, 0.15) is 0 Å². The molecule has 182 valence electrons. The van der Waals surface area contributed by atoms with Gasteiger partial charge in [0.15, 0.2) is 11.9 Å². The Morgan fingerprint density at radius 3 is 2.59 bits per heavy atom. The lowest BCUT2D eigenvalue weighted by atomic mass is 9.58. The van der Waals surface area contributed by atoms with E-state index in [-0.39, 0.29) is 43.1 Å². The summed E-state index contributed by atoms with van der Waals surface area (Å²) in [5.74, 6) is -1.04. The Labute approximate surface area is 189 Å². The number of aliphatic hydroxyl groups excluding tert-OH is 1. The van der Waals surface area contributed by atoms with Crippen LogP contribution in [0.25, 0.3) is 0 Å². The molecule has 9 heteroatoms. The van der Waals surface area contributed by atoms with Crippen molar-refractivity contribution in [3.05, 3.63) is 0 Å². The predicted octanol–water partition coefficient (Wildman–Crippen LogP) is 2.40. The molecule has 5 fully saturated rings. The maximum absolute atomic E-state index is 12.5. The maximum atomic E-state index is 12.5. The number of carbonyl (C=O) groups excluding carboxylic acids is 2. The summed E-state index contributed by atoms with van der Waals surface area (Å²) in [4.78, 5) is 36.5. The third kappa shape index (κ3) is 4.18. The lowest BCUT2D eigenvalue weighted by molar-refractivity contribution is -0.576. The van der Waals surface area contributed by atoms with Crippen LogP contribution in [0.3, 0.4) is 0 Å². The largest absolute Gasteiger partial charge is 0.435 e. The van der Waals surface area contributed by atoms with E-state index >= 15 is 0 Å². The Morgan fingerprint density at radius 1 is 1.12 bits per heavy atom. The van der Waals surface area contributed by atoms with Crippen LogP contribution in [0.2, 0.25) is 0 Å². The number of nitrogens with one attached hydrogen (secondary N) is 1. The monoisotopic (exact) mass is 455 g/mol. The summed E-state index contributed by atoms with van der Waals surface area (Å²) in [5, 5.41) is 12.0. The molecule has 4 heterocycles. The lowest BCUT2D eigenvalue weighted by Gasteiger charge is -2.59. The first-order chi connectivity index (χ1) is 15.0. The van der Waals surface area contributed by atoms with Crippen molar-refractivity contribution in [2.45, 2.75) is 103 Å². The number of esters is 1. The van der Waals surface area contributed by atoms with Crippen molar-refractivity contribution in [3.63, 3.8) is 0 Å². The van der Waals surface area contributed by atoms with Crippen LogP contribution in [-0.2, 0) is 33.6 Å². The van der Waals surface area contributed by atoms with Crippen molar-refractivity contribution in [3.8, 4) is 0 Å². The highest BCUT2D eigenvalue weighted by atomic mass is 17.3. The van der Waals surface area contributed by atoms with Crippen LogP contribution in [0.15, 0.2) is 0 Å². The zero-order valence-corrected chi connectivity index (χ0v) is 19.7. The third-order valence-corrected chi connectivity index (χ3v) is 7.77. The Balaban J connectivity index is 1.43. The van der Waals surface area contributed by atoms with Gasteiger partial charge in [0, 0.05) is 24.7 Å². The number of ether oxygens (including phenoxy) is 3. The van der Waals surface area contributed by atoms with E-state index in [2.05, 4.69) is 12.2 Å². The molecule has 0 aromatic carbocycles. The zero-order chi connectivity index (χ0) is 23.3. The highest BCUT2D eigenvalue weighted by Gasteiger charge is 2.69. The van der Waals surface area contributed by atoms with Crippen LogP contribution in [0.1, 0.15) is 73.1 Å². The smallest absolute Gasteiger partial charge is 0.308 e. The highest BCUT2D eigenvalue weighted by Crippen LogP contribution is 2.60. The second-order valence-electron chi connectivity index (χ2n) is 10.9. The molecule has 2 bridgehead atoms. The average Bonchev–Trinajstić information content (AvgIpc) is 2.96. The number of rotatable bonds is 6. The van der Waals surface area contributed by atoms with Crippen molar-refractivity contribution in [1.82, 2.24) is 5.32 Å². The molecule has 5 rings (SSSR count). The van der Waals surface area contributed by atoms with Gasteiger partial charge in [-0.25, -0.2) is 9.78 Å². The van der Waals surface area contributed by atoms with E-state index in [0.717, 1.165) is 19.3 Å². The van der Waals surface area contributed by atoms with Gasteiger partial charge in [-0.2, -0.15) is 0 Å². The van der Waals surface area contributed by atoms with Crippen molar-refractivity contribution in [1.29, 1.82) is 0 Å². The number of hydrogen-bond acceptors (Lipinski definition) is 8. The molecule has 32 heavy (non-hydrogen) atoms. The second-order valence-corrected chi connectivity index (χ2v) is 10.9. The molecule has 1 amide bonds. The van der Waals surface area contributed by atoms with Gasteiger partial charge < -0.3 is 24.6 Å². The molecule has 4 aliphatic heterocycles. The van der Waals surface area contributed by atoms with E-state index in [1.807, 2.05) is 13.8 Å². The van der Waals surface area contributed by atoms with Gasteiger partial charge in [-0.05, 0) is 51.9 Å². The summed E-state index contributed by atoms with van der Waals surface area (Å²) in [6, 6.07) is 0. The topological polar surface area (TPSA) is 113 Å². The number of hydrogen-bond donors (Lipinski definition) is 2. The summed E-state index contributed by atoms with van der Waals surface area (Å²) >= 11 is 0. The molecular weight excluding hydrogens is 418 g/mol. The van der Waals surface area contributed by atoms with Gasteiger partial charge in [-0.15, -0.1) is 0 Å². The van der Waals surface area contributed by atoms with E-state index in [9.17, 15) is 14.7 Å². The van der Waals surface area contributed by atoms with Crippen molar-refractivity contribution < 1.29 is 38.7 Å². The number of amides is 1. The Hall–Kier alpha value is -1.26. The van der Waals surface area contributed by atoms with E-state index in [4.69, 9.17) is 24.0 Å². The molecule has 0 aromatic rings. The minimum absolute atomic E-state index is 0.0225. The summed E-state index contributed by atoms with van der Waals surface area (Å²) in [5.41, 5.74) is -1.44. The standard InChI is InChI=1S/C23H37NO8/c1-13-6-7-16-14(2)19(28-18(27)9-8-17(26)24-21(3,4)12-25)29-20-23(16)15(13)10-11-22(5,30-20)31-32-23/h13-16,19-20,25H,6-12H2,1-5H3,(H,24,26)/t13-,14+,15+,16-,19+,20+,22+,23+/m1/s1. The van der Waals surface area contributed by atoms with Crippen LogP contribution in [0.4, 0.5) is 0 Å². The normalized spacial score (nSPS) is 43.2. The first kappa shape index (κ1) is 23.9. The zero-order valence-electron chi connectivity index (χ0n) is 19.7. The second kappa shape index (κ2) is 8.51. The van der Waals surface area contributed by atoms with Crippen LogP contribution in [0, 0.1) is 23.7 Å². The molecular formula is C23H37NO8. The van der Waals surface area contributed by atoms with E-state index < -0.39 is 35.5 Å². The summed E-state index contributed by atoms with van der Waals surface area (Å²) in [7, 11) is 0. The number of fused-ring (bicyclic) bond motifs is 2. The van der Waals surface area contributed by atoms with E-state index in [1.54, 1.807) is 13.8 Å². The van der Waals surface area contributed by atoms with Crippen LogP contribution < -0.4 is 5.32 Å². The molecule has 0 radical (unpaired) electrons. The fraction of sp³-hybridized carbons (Fsp3) is 0.913. The van der Waals surface area contributed by atoms with Gasteiger partial charge >= 0.3 is 5.97 Å². The van der Waals surface area contributed by atoms with Crippen molar-refractivity contribution >= 4 is 11.9 Å². The minimum Gasteiger partial charge on any atom is -0.435 e. The number of carbonyl (C=O) groups is 2. The van der Waals surface area contributed by atoms with Crippen molar-refractivity contribution in [2.24, 2.45) is 23.7 Å². The first-order valence-electron chi connectivity index (χ1n) is 11.8. The Kier molecular flexibility index (Phi) is 6.35. The average molecular weight is 456 g/mol. The number of aliphatic hydroxyl groups is 1. The van der Waals surface area contributed by atoms with Crippen molar-refractivity contribution in [2.75, 3.05) is 6.61 Å². The Morgan fingerprint density at radius 2 is 1.88 bits per heavy atom.